The van der Waals surface area contributed by atoms with Crippen molar-refractivity contribution in [1.82, 2.24) is 9.97 Å². The van der Waals surface area contributed by atoms with Crippen molar-refractivity contribution in [2.75, 3.05) is 10.5 Å². The van der Waals surface area contributed by atoms with E-state index in [1.165, 1.54) is 0 Å². The van der Waals surface area contributed by atoms with Crippen molar-refractivity contribution in [1.29, 1.82) is 0 Å². The van der Waals surface area contributed by atoms with Crippen LogP contribution >= 0.6 is 34.8 Å². The van der Waals surface area contributed by atoms with E-state index < -0.39 is 20.7 Å². The Morgan fingerprint density at radius 2 is 1.81 bits per heavy atom. The van der Waals surface area contributed by atoms with E-state index in [0.29, 0.717) is 0 Å². The first-order chi connectivity index (χ1) is 9.69. The Balaban J connectivity index is 2.45. The minimum Gasteiger partial charge on any atom is -0.396 e. The third-order valence-corrected chi connectivity index (χ3v) is 4.43. The number of hydrogen-bond donors (Lipinski definition) is 2. The summed E-state index contributed by atoms with van der Waals surface area (Å²) in [6, 6.07) is 2.83. The zero-order valence-corrected chi connectivity index (χ0v) is 13.0. The lowest BCUT2D eigenvalue weighted by molar-refractivity contribution is 0.600. The van der Waals surface area contributed by atoms with Crippen molar-refractivity contribution >= 4 is 56.3 Å². The fraction of sp³-hybridized carbons (Fsp3) is 0. The standard InChI is InChI=1S/C10H6Cl3FN4O2S/c11-4-1-5(14)6(15)2-7(4)21(19,20)18-9-3-8(12)16-10(13)17-9/h1-3H,15H2,(H,16,17,18). The lowest BCUT2D eigenvalue weighted by Crippen LogP contribution is -2.15. The molecule has 0 bridgehead atoms. The lowest BCUT2D eigenvalue weighted by atomic mass is 10.3. The number of anilines is 2. The van der Waals surface area contributed by atoms with Crippen molar-refractivity contribution in [2.24, 2.45) is 0 Å². The van der Waals surface area contributed by atoms with Crippen molar-refractivity contribution in [3.05, 3.63) is 39.5 Å². The second kappa shape index (κ2) is 5.80. The van der Waals surface area contributed by atoms with E-state index in [-0.39, 0.29) is 27.0 Å². The highest BCUT2D eigenvalue weighted by Gasteiger charge is 2.21. The van der Waals surface area contributed by atoms with Crippen LogP contribution < -0.4 is 10.5 Å². The number of hydrogen-bond acceptors (Lipinski definition) is 5. The van der Waals surface area contributed by atoms with Crippen LogP contribution in [-0.4, -0.2) is 18.4 Å². The Labute approximate surface area is 134 Å². The molecule has 0 atom stereocenters. The first kappa shape index (κ1) is 16.0. The molecule has 0 saturated heterocycles. The number of nitrogens with one attached hydrogen (secondary N) is 1. The number of nitrogens with zero attached hydrogens (tertiary/aromatic N) is 2. The fourth-order valence-corrected chi connectivity index (χ4v) is 3.34. The summed E-state index contributed by atoms with van der Waals surface area (Å²) in [7, 11) is -4.15. The molecular weight excluding hydrogens is 366 g/mol. The van der Waals surface area contributed by atoms with Gasteiger partial charge in [0.2, 0.25) is 5.28 Å². The van der Waals surface area contributed by atoms with Crippen LogP contribution in [-0.2, 0) is 10.0 Å². The molecule has 0 fully saturated rings. The monoisotopic (exact) mass is 370 g/mol. The summed E-state index contributed by atoms with van der Waals surface area (Å²) >= 11 is 16.9. The Bertz CT molecular complexity index is 796. The average Bonchev–Trinajstić information content (AvgIpc) is 2.31. The topological polar surface area (TPSA) is 98.0 Å². The van der Waals surface area contributed by atoms with E-state index >= 15 is 0 Å². The molecule has 0 saturated carbocycles. The van der Waals surface area contributed by atoms with Crippen LogP contribution in [0.5, 0.6) is 0 Å². The average molecular weight is 372 g/mol. The largest absolute Gasteiger partial charge is 0.396 e. The second-order valence-corrected chi connectivity index (χ2v) is 6.54. The molecule has 0 aliphatic heterocycles. The summed E-state index contributed by atoms with van der Waals surface area (Å²) in [5, 5.41) is -0.636. The molecule has 0 aliphatic rings. The third-order valence-electron chi connectivity index (χ3n) is 2.25. The highest BCUT2D eigenvalue weighted by molar-refractivity contribution is 7.92. The molecule has 6 nitrogen and oxygen atoms in total. The van der Waals surface area contributed by atoms with E-state index in [1.807, 2.05) is 0 Å². The van der Waals surface area contributed by atoms with Gasteiger partial charge in [-0.2, -0.15) is 4.98 Å². The van der Waals surface area contributed by atoms with Gasteiger partial charge in [-0.15, -0.1) is 0 Å². The molecule has 2 rings (SSSR count). The van der Waals surface area contributed by atoms with Gasteiger partial charge in [-0.1, -0.05) is 23.2 Å². The van der Waals surface area contributed by atoms with E-state index in [0.717, 1.165) is 18.2 Å². The van der Waals surface area contributed by atoms with Gasteiger partial charge in [0.1, 0.15) is 21.7 Å². The molecule has 112 valence electrons. The molecular formula is C10H6Cl3FN4O2S. The summed E-state index contributed by atoms with van der Waals surface area (Å²) in [5.74, 6) is -0.994. The Kier molecular flexibility index (Phi) is 4.43. The van der Waals surface area contributed by atoms with Gasteiger partial charge in [0.15, 0.2) is 0 Å². The molecule has 1 aromatic heterocycles. The number of halogens is 4. The minimum atomic E-state index is -4.15. The first-order valence-corrected chi connectivity index (χ1v) is 7.78. The van der Waals surface area contributed by atoms with Crippen LogP contribution in [0.2, 0.25) is 15.5 Å². The van der Waals surface area contributed by atoms with Gasteiger partial charge in [0.05, 0.1) is 10.7 Å². The highest BCUT2D eigenvalue weighted by atomic mass is 35.5. The molecule has 1 heterocycles. The Morgan fingerprint density at radius 1 is 1.14 bits per heavy atom. The Hall–Kier alpha value is -1.35. The SMILES string of the molecule is Nc1cc(S(=O)(=O)Nc2cc(Cl)nc(Cl)n2)c(Cl)cc1F. The van der Waals surface area contributed by atoms with Crippen molar-refractivity contribution < 1.29 is 12.8 Å². The van der Waals surface area contributed by atoms with Gasteiger partial charge in [-0.05, 0) is 23.7 Å². The van der Waals surface area contributed by atoms with E-state index in [1.54, 1.807) is 0 Å². The molecule has 11 heteroatoms. The molecule has 0 spiro atoms. The third kappa shape index (κ3) is 3.65. The fourth-order valence-electron chi connectivity index (χ4n) is 1.39. The maximum atomic E-state index is 13.2. The van der Waals surface area contributed by atoms with Crippen LogP contribution in [0.15, 0.2) is 23.1 Å². The van der Waals surface area contributed by atoms with Crippen LogP contribution in [0.3, 0.4) is 0 Å². The normalized spacial score (nSPS) is 11.4. The van der Waals surface area contributed by atoms with Gasteiger partial charge in [0, 0.05) is 6.07 Å². The molecule has 0 unspecified atom stereocenters. The molecule has 3 N–H and O–H groups in total. The van der Waals surface area contributed by atoms with Gasteiger partial charge >= 0.3 is 0 Å². The summed E-state index contributed by atoms with van der Waals surface area (Å²) < 4.78 is 39.7. The number of nitrogen functional groups attached to an aromatic ring is 1. The predicted octanol–water partition coefficient (Wildman–Crippen LogP) is 2.96. The predicted molar refractivity (Wildman–Crippen MR) is 78.7 cm³/mol. The zero-order chi connectivity index (χ0) is 15.8. The summed E-state index contributed by atoms with van der Waals surface area (Å²) in [5.41, 5.74) is 4.97. The Morgan fingerprint density at radius 3 is 2.43 bits per heavy atom. The summed E-state index contributed by atoms with van der Waals surface area (Å²) in [4.78, 5) is 6.81. The number of rotatable bonds is 3. The maximum Gasteiger partial charge on any atom is 0.264 e. The molecule has 1 aromatic carbocycles. The molecule has 21 heavy (non-hydrogen) atoms. The first-order valence-electron chi connectivity index (χ1n) is 5.16. The van der Waals surface area contributed by atoms with Gasteiger partial charge in [-0.3, -0.25) is 4.72 Å². The highest BCUT2D eigenvalue weighted by Crippen LogP contribution is 2.28. The van der Waals surface area contributed by atoms with Crippen molar-refractivity contribution in [2.45, 2.75) is 4.90 Å². The molecule has 2 aromatic rings. The summed E-state index contributed by atoms with van der Waals surface area (Å²) in [6.45, 7) is 0. The van der Waals surface area contributed by atoms with Gasteiger partial charge < -0.3 is 5.73 Å². The quantitative estimate of drug-likeness (QED) is 0.491. The van der Waals surface area contributed by atoms with Crippen LogP contribution in [0.4, 0.5) is 15.9 Å². The molecule has 0 amide bonds. The zero-order valence-electron chi connectivity index (χ0n) is 9.94. The summed E-state index contributed by atoms with van der Waals surface area (Å²) in [6.07, 6.45) is 0. The number of sulfonamides is 1. The van der Waals surface area contributed by atoms with Crippen LogP contribution in [0, 0.1) is 5.82 Å². The van der Waals surface area contributed by atoms with Crippen molar-refractivity contribution in [3.8, 4) is 0 Å². The minimum absolute atomic E-state index is 0.0579. The number of benzene rings is 1. The maximum absolute atomic E-state index is 13.2. The molecule has 0 radical (unpaired) electrons. The van der Waals surface area contributed by atoms with E-state index in [9.17, 15) is 12.8 Å². The van der Waals surface area contributed by atoms with Crippen LogP contribution in [0.25, 0.3) is 0 Å². The van der Waals surface area contributed by atoms with Crippen molar-refractivity contribution in [3.63, 3.8) is 0 Å². The molecule has 0 aliphatic carbocycles. The van der Waals surface area contributed by atoms with E-state index in [2.05, 4.69) is 14.7 Å². The van der Waals surface area contributed by atoms with Gasteiger partial charge in [-0.25, -0.2) is 17.8 Å². The van der Waals surface area contributed by atoms with Gasteiger partial charge in [0.25, 0.3) is 10.0 Å². The van der Waals surface area contributed by atoms with E-state index in [4.69, 9.17) is 40.5 Å². The second-order valence-electron chi connectivity index (χ2n) is 3.75. The number of aromatic nitrogens is 2. The smallest absolute Gasteiger partial charge is 0.264 e. The van der Waals surface area contributed by atoms with Crippen LogP contribution in [0.1, 0.15) is 0 Å². The lowest BCUT2D eigenvalue weighted by Gasteiger charge is -2.10. The number of nitrogens with two attached hydrogens (primary N) is 1.